The summed E-state index contributed by atoms with van der Waals surface area (Å²) in [6, 6.07) is 4.81. The maximum Gasteiger partial charge on any atom is 0.255 e. The molecule has 1 saturated heterocycles. The minimum Gasteiger partial charge on any atom is -0.369 e. The van der Waals surface area contributed by atoms with E-state index in [9.17, 15) is 14.4 Å². The standard InChI is InChI=1S/C19H20N2O4/c1-2-10-25-11-4-6-13-5-3-7-14-15(13)12-21(19(14)24)16-8-9-17(22)20-18(16)23/h3,5,7,16H,2,8-12H2,1H3,(H,20,22,23). The van der Waals surface area contributed by atoms with Gasteiger partial charge in [-0.2, -0.15) is 0 Å². The Balaban J connectivity index is 1.78. The average molecular weight is 340 g/mol. The monoisotopic (exact) mass is 340 g/mol. The van der Waals surface area contributed by atoms with Crippen LogP contribution in [0.5, 0.6) is 0 Å². The van der Waals surface area contributed by atoms with Gasteiger partial charge < -0.3 is 9.64 Å². The number of rotatable bonds is 4. The molecule has 1 unspecified atom stereocenters. The molecule has 2 aliphatic rings. The number of nitrogens with zero attached hydrogens (tertiary/aromatic N) is 1. The Labute approximate surface area is 146 Å². The Hall–Kier alpha value is -2.65. The number of carbonyl (C=O) groups excluding carboxylic acids is 3. The van der Waals surface area contributed by atoms with Crippen LogP contribution in [0.15, 0.2) is 18.2 Å². The van der Waals surface area contributed by atoms with E-state index in [4.69, 9.17) is 4.74 Å². The summed E-state index contributed by atoms with van der Waals surface area (Å²) < 4.78 is 5.35. The summed E-state index contributed by atoms with van der Waals surface area (Å²) in [7, 11) is 0. The fourth-order valence-corrected chi connectivity index (χ4v) is 3.10. The predicted octanol–water partition coefficient (Wildman–Crippen LogP) is 1.23. The summed E-state index contributed by atoms with van der Waals surface area (Å²) in [5.74, 6) is 5.14. The third kappa shape index (κ3) is 3.57. The lowest BCUT2D eigenvalue weighted by Gasteiger charge is -2.29. The molecule has 2 aliphatic heterocycles. The van der Waals surface area contributed by atoms with E-state index in [1.165, 1.54) is 4.90 Å². The summed E-state index contributed by atoms with van der Waals surface area (Å²) in [5, 5.41) is 2.31. The number of hydrogen-bond donors (Lipinski definition) is 1. The van der Waals surface area contributed by atoms with Crippen LogP contribution in [0.1, 0.15) is 47.7 Å². The highest BCUT2D eigenvalue weighted by Gasteiger charge is 2.39. The zero-order valence-electron chi connectivity index (χ0n) is 14.1. The quantitative estimate of drug-likeness (QED) is 0.508. The second kappa shape index (κ2) is 7.49. The SMILES string of the molecule is CCCOCC#Cc1cccc2c1CN(C1CCC(=O)NC1=O)C2=O. The maximum atomic E-state index is 12.7. The third-order valence-electron chi connectivity index (χ3n) is 4.33. The van der Waals surface area contributed by atoms with E-state index in [2.05, 4.69) is 17.2 Å². The number of benzene rings is 1. The van der Waals surface area contributed by atoms with Crippen LogP contribution in [0, 0.1) is 11.8 Å². The molecule has 1 atom stereocenters. The Morgan fingerprint density at radius 3 is 2.92 bits per heavy atom. The molecule has 0 bridgehead atoms. The minimum absolute atomic E-state index is 0.185. The van der Waals surface area contributed by atoms with Crippen molar-refractivity contribution in [3.63, 3.8) is 0 Å². The first-order valence-electron chi connectivity index (χ1n) is 8.45. The second-order valence-corrected chi connectivity index (χ2v) is 6.09. The fraction of sp³-hybridized carbons (Fsp3) is 0.421. The van der Waals surface area contributed by atoms with Gasteiger partial charge in [-0.05, 0) is 30.5 Å². The lowest BCUT2D eigenvalue weighted by atomic mass is 10.0. The first-order chi connectivity index (χ1) is 12.1. The molecule has 3 amide bonds. The molecule has 130 valence electrons. The fourth-order valence-electron chi connectivity index (χ4n) is 3.10. The smallest absolute Gasteiger partial charge is 0.255 e. The molecule has 1 fully saturated rings. The van der Waals surface area contributed by atoms with Crippen molar-refractivity contribution in [1.29, 1.82) is 0 Å². The lowest BCUT2D eigenvalue weighted by molar-refractivity contribution is -0.136. The van der Waals surface area contributed by atoms with Crippen molar-refractivity contribution in [2.75, 3.05) is 13.2 Å². The Morgan fingerprint density at radius 1 is 1.32 bits per heavy atom. The molecule has 0 aliphatic carbocycles. The highest BCUT2D eigenvalue weighted by Crippen LogP contribution is 2.29. The summed E-state index contributed by atoms with van der Waals surface area (Å²) in [4.78, 5) is 37.6. The summed E-state index contributed by atoms with van der Waals surface area (Å²) in [6.07, 6.45) is 1.55. The molecule has 6 heteroatoms. The second-order valence-electron chi connectivity index (χ2n) is 6.09. The molecule has 3 rings (SSSR count). The minimum atomic E-state index is -0.605. The number of hydrogen-bond acceptors (Lipinski definition) is 4. The van der Waals surface area contributed by atoms with Crippen LogP contribution in [-0.2, 0) is 20.9 Å². The van der Waals surface area contributed by atoms with Crippen LogP contribution in [-0.4, -0.2) is 41.9 Å². The number of piperidine rings is 1. The molecule has 0 radical (unpaired) electrons. The van der Waals surface area contributed by atoms with Crippen LogP contribution in [0.2, 0.25) is 0 Å². The molecule has 1 aromatic carbocycles. The van der Waals surface area contributed by atoms with Gasteiger partial charge in [0.25, 0.3) is 5.91 Å². The van der Waals surface area contributed by atoms with Crippen LogP contribution >= 0.6 is 0 Å². The highest BCUT2D eigenvalue weighted by atomic mass is 16.5. The molecule has 0 aromatic heterocycles. The third-order valence-corrected chi connectivity index (χ3v) is 4.33. The van der Waals surface area contributed by atoms with Crippen molar-refractivity contribution in [3.8, 4) is 11.8 Å². The summed E-state index contributed by atoms with van der Waals surface area (Å²) in [5.41, 5.74) is 2.19. The van der Waals surface area contributed by atoms with Crippen molar-refractivity contribution in [3.05, 3.63) is 34.9 Å². The normalized spacial score (nSPS) is 19.3. The predicted molar refractivity (Wildman–Crippen MR) is 90.5 cm³/mol. The van der Waals surface area contributed by atoms with Crippen molar-refractivity contribution in [2.45, 2.75) is 38.8 Å². The molecule has 1 aromatic rings. The van der Waals surface area contributed by atoms with Crippen molar-refractivity contribution >= 4 is 17.7 Å². The highest BCUT2D eigenvalue weighted by molar-refractivity contribution is 6.05. The molecule has 0 spiro atoms. The Bertz CT molecular complexity index is 775. The van der Waals surface area contributed by atoms with Gasteiger partial charge in [0.05, 0.1) is 0 Å². The number of imide groups is 1. The molecule has 25 heavy (non-hydrogen) atoms. The number of amides is 3. The van der Waals surface area contributed by atoms with Crippen molar-refractivity contribution in [2.24, 2.45) is 0 Å². The maximum absolute atomic E-state index is 12.7. The van der Waals surface area contributed by atoms with Crippen LogP contribution in [0.25, 0.3) is 0 Å². The molecule has 2 heterocycles. The van der Waals surface area contributed by atoms with Crippen molar-refractivity contribution in [1.82, 2.24) is 10.2 Å². The van der Waals surface area contributed by atoms with E-state index in [0.717, 1.165) is 17.5 Å². The zero-order chi connectivity index (χ0) is 17.8. The Morgan fingerprint density at radius 2 is 2.16 bits per heavy atom. The van der Waals surface area contributed by atoms with E-state index in [1.807, 2.05) is 13.0 Å². The largest absolute Gasteiger partial charge is 0.369 e. The lowest BCUT2D eigenvalue weighted by Crippen LogP contribution is -2.52. The van der Waals surface area contributed by atoms with Gasteiger partial charge in [0.15, 0.2) is 0 Å². The summed E-state index contributed by atoms with van der Waals surface area (Å²) >= 11 is 0. The van der Waals surface area contributed by atoms with Gasteiger partial charge in [0, 0.05) is 30.7 Å². The van der Waals surface area contributed by atoms with E-state index in [0.29, 0.717) is 31.7 Å². The zero-order valence-corrected chi connectivity index (χ0v) is 14.1. The molecule has 6 nitrogen and oxygen atoms in total. The van der Waals surface area contributed by atoms with Crippen LogP contribution < -0.4 is 5.32 Å². The van der Waals surface area contributed by atoms with E-state index in [-0.39, 0.29) is 18.2 Å². The van der Waals surface area contributed by atoms with Crippen LogP contribution in [0.3, 0.4) is 0 Å². The summed E-state index contributed by atoms with van der Waals surface area (Å²) in [6.45, 7) is 3.39. The Kier molecular flexibility index (Phi) is 5.15. The number of carbonyl (C=O) groups is 3. The van der Waals surface area contributed by atoms with Gasteiger partial charge in [-0.3, -0.25) is 19.7 Å². The molecule has 0 saturated carbocycles. The van der Waals surface area contributed by atoms with Gasteiger partial charge >= 0.3 is 0 Å². The molecular weight excluding hydrogens is 320 g/mol. The number of fused-ring (bicyclic) bond motifs is 1. The van der Waals surface area contributed by atoms with Gasteiger partial charge in [-0.25, -0.2) is 0 Å². The van der Waals surface area contributed by atoms with Crippen molar-refractivity contribution < 1.29 is 19.1 Å². The van der Waals surface area contributed by atoms with Gasteiger partial charge in [-0.15, -0.1) is 0 Å². The topological polar surface area (TPSA) is 75.7 Å². The first kappa shape index (κ1) is 17.2. The molecular formula is C19H20N2O4. The van der Waals surface area contributed by atoms with Gasteiger partial charge in [0.2, 0.25) is 11.8 Å². The van der Waals surface area contributed by atoms with E-state index in [1.54, 1.807) is 12.1 Å². The molecule has 1 N–H and O–H groups in total. The van der Waals surface area contributed by atoms with Gasteiger partial charge in [0.1, 0.15) is 12.6 Å². The number of nitrogens with one attached hydrogen (secondary N) is 1. The van der Waals surface area contributed by atoms with Gasteiger partial charge in [-0.1, -0.05) is 24.8 Å². The van der Waals surface area contributed by atoms with E-state index >= 15 is 0 Å². The van der Waals surface area contributed by atoms with Crippen LogP contribution in [0.4, 0.5) is 0 Å². The average Bonchev–Trinajstić information content (AvgIpc) is 2.92. The number of ether oxygens (including phenoxy) is 1. The first-order valence-corrected chi connectivity index (χ1v) is 8.45. The van der Waals surface area contributed by atoms with E-state index < -0.39 is 11.9 Å².